The molecule has 1 atom stereocenters. The quantitative estimate of drug-likeness (QED) is 0.870. The van der Waals surface area contributed by atoms with Gasteiger partial charge >= 0.3 is 0 Å². The Morgan fingerprint density at radius 3 is 3.31 bits per heavy atom. The predicted octanol–water partition coefficient (Wildman–Crippen LogP) is 2.93. The second-order valence-electron chi connectivity index (χ2n) is 4.41. The highest BCUT2D eigenvalue weighted by molar-refractivity contribution is 8.00. The Bertz CT molecular complexity index is 374. The Balaban J connectivity index is 1.67. The van der Waals surface area contributed by atoms with Crippen molar-refractivity contribution >= 4 is 17.4 Å². The second kappa shape index (κ2) is 4.58. The van der Waals surface area contributed by atoms with Gasteiger partial charge in [0.05, 0.1) is 5.69 Å². The van der Waals surface area contributed by atoms with Crippen molar-refractivity contribution < 1.29 is 4.74 Å². The van der Waals surface area contributed by atoms with Crippen LogP contribution in [0.15, 0.2) is 18.2 Å². The molecule has 0 aromatic heterocycles. The minimum atomic E-state index is 0.706. The smallest absolute Gasteiger partial charge is 0.142 e. The molecule has 2 nitrogen and oxygen atoms in total. The summed E-state index contributed by atoms with van der Waals surface area (Å²) in [7, 11) is 0. The molecule has 1 fully saturated rings. The van der Waals surface area contributed by atoms with Crippen LogP contribution in [-0.4, -0.2) is 24.2 Å². The molecule has 0 saturated carbocycles. The summed E-state index contributed by atoms with van der Waals surface area (Å²) in [5.74, 6) is 2.35. The average Bonchev–Trinajstić information content (AvgIpc) is 2.97. The Kier molecular flexibility index (Phi) is 2.96. The number of anilines is 1. The van der Waals surface area contributed by atoms with Gasteiger partial charge in [-0.2, -0.15) is 11.8 Å². The number of nitrogens with one attached hydrogen (secondary N) is 1. The molecular weight excluding hydrogens is 218 g/mol. The lowest BCUT2D eigenvalue weighted by molar-refractivity contribution is 0.316. The van der Waals surface area contributed by atoms with E-state index in [-0.39, 0.29) is 0 Å². The molecular formula is C13H17NOS. The minimum absolute atomic E-state index is 0.706. The van der Waals surface area contributed by atoms with Gasteiger partial charge in [0.2, 0.25) is 0 Å². The Morgan fingerprint density at radius 2 is 2.44 bits per heavy atom. The largest absolute Gasteiger partial charge is 0.490 e. The highest BCUT2D eigenvalue weighted by Crippen LogP contribution is 2.34. The van der Waals surface area contributed by atoms with E-state index in [0.717, 1.165) is 25.3 Å². The van der Waals surface area contributed by atoms with Crippen molar-refractivity contribution in [1.29, 1.82) is 0 Å². The fourth-order valence-corrected chi connectivity index (χ4v) is 3.55. The molecule has 86 valence electrons. The van der Waals surface area contributed by atoms with Crippen molar-refractivity contribution in [3.05, 3.63) is 23.8 Å². The summed E-state index contributed by atoms with van der Waals surface area (Å²) in [5, 5.41) is 4.12. The van der Waals surface area contributed by atoms with Gasteiger partial charge in [-0.25, -0.2) is 0 Å². The number of para-hydroxylation sites is 1. The van der Waals surface area contributed by atoms with E-state index in [9.17, 15) is 0 Å². The van der Waals surface area contributed by atoms with Gasteiger partial charge in [-0.3, -0.25) is 0 Å². The normalized spacial score (nSPS) is 22.9. The number of ether oxygens (including phenoxy) is 1. The molecule has 3 heteroatoms. The zero-order chi connectivity index (χ0) is 10.8. The number of benzene rings is 1. The highest BCUT2D eigenvalue weighted by atomic mass is 32.2. The Labute approximate surface area is 101 Å². The third-order valence-electron chi connectivity index (χ3n) is 3.26. The maximum Gasteiger partial charge on any atom is 0.142 e. The SMILES string of the molecule is c1cc2c(c(OCC3CCCS3)c1)NCC2. The van der Waals surface area contributed by atoms with E-state index in [0.29, 0.717) is 5.25 Å². The first-order chi connectivity index (χ1) is 7.93. The first-order valence-electron chi connectivity index (χ1n) is 6.03. The zero-order valence-electron chi connectivity index (χ0n) is 9.37. The molecule has 2 aliphatic heterocycles. The van der Waals surface area contributed by atoms with Gasteiger partial charge in [0.25, 0.3) is 0 Å². The Morgan fingerprint density at radius 1 is 1.44 bits per heavy atom. The predicted molar refractivity (Wildman–Crippen MR) is 69.6 cm³/mol. The third kappa shape index (κ3) is 2.01. The van der Waals surface area contributed by atoms with E-state index in [4.69, 9.17) is 4.74 Å². The van der Waals surface area contributed by atoms with Gasteiger partial charge in [0, 0.05) is 11.8 Å². The van der Waals surface area contributed by atoms with Crippen molar-refractivity contribution in [2.24, 2.45) is 0 Å². The number of hydrogen-bond donors (Lipinski definition) is 1. The summed E-state index contributed by atoms with van der Waals surface area (Å²) in [6, 6.07) is 6.37. The molecule has 2 aliphatic rings. The van der Waals surface area contributed by atoms with E-state index in [1.54, 1.807) is 0 Å². The van der Waals surface area contributed by atoms with Gasteiger partial charge in [-0.1, -0.05) is 12.1 Å². The first kappa shape index (κ1) is 10.3. The van der Waals surface area contributed by atoms with Crippen LogP contribution in [0.5, 0.6) is 5.75 Å². The molecule has 16 heavy (non-hydrogen) atoms. The van der Waals surface area contributed by atoms with Gasteiger partial charge in [-0.15, -0.1) is 0 Å². The molecule has 1 saturated heterocycles. The molecule has 2 heterocycles. The molecule has 3 rings (SSSR count). The Hall–Kier alpha value is -0.830. The van der Waals surface area contributed by atoms with E-state index in [2.05, 4.69) is 23.5 Å². The van der Waals surface area contributed by atoms with Crippen LogP contribution in [0.2, 0.25) is 0 Å². The standard InChI is InChI=1S/C13H17NOS/c1-3-10-6-7-14-13(10)12(5-1)15-9-11-4-2-8-16-11/h1,3,5,11,14H,2,4,6-9H2. The van der Waals surface area contributed by atoms with Crippen LogP contribution in [0.4, 0.5) is 5.69 Å². The number of rotatable bonds is 3. The summed E-state index contributed by atoms with van der Waals surface area (Å²) < 4.78 is 5.95. The van der Waals surface area contributed by atoms with Crippen LogP contribution in [0.1, 0.15) is 18.4 Å². The van der Waals surface area contributed by atoms with Gasteiger partial charge in [0.15, 0.2) is 0 Å². The minimum Gasteiger partial charge on any atom is -0.490 e. The summed E-state index contributed by atoms with van der Waals surface area (Å²) >= 11 is 2.05. The van der Waals surface area contributed by atoms with Crippen molar-refractivity contribution in [2.45, 2.75) is 24.5 Å². The third-order valence-corrected chi connectivity index (χ3v) is 4.62. The monoisotopic (exact) mass is 235 g/mol. The van der Waals surface area contributed by atoms with Crippen LogP contribution in [0.3, 0.4) is 0 Å². The van der Waals surface area contributed by atoms with Crippen molar-refractivity contribution in [3.63, 3.8) is 0 Å². The fraction of sp³-hybridized carbons (Fsp3) is 0.538. The lowest BCUT2D eigenvalue weighted by Gasteiger charge is -2.13. The highest BCUT2D eigenvalue weighted by Gasteiger charge is 2.18. The molecule has 1 unspecified atom stereocenters. The van der Waals surface area contributed by atoms with Crippen LogP contribution < -0.4 is 10.1 Å². The number of fused-ring (bicyclic) bond motifs is 1. The lowest BCUT2D eigenvalue weighted by Crippen LogP contribution is -2.11. The molecule has 0 bridgehead atoms. The number of hydrogen-bond acceptors (Lipinski definition) is 3. The second-order valence-corrected chi connectivity index (χ2v) is 5.82. The van der Waals surface area contributed by atoms with Crippen LogP contribution in [0, 0.1) is 0 Å². The number of thioether (sulfide) groups is 1. The van der Waals surface area contributed by atoms with E-state index >= 15 is 0 Å². The van der Waals surface area contributed by atoms with E-state index in [1.165, 1.54) is 29.8 Å². The van der Waals surface area contributed by atoms with Crippen molar-refractivity contribution in [1.82, 2.24) is 0 Å². The summed E-state index contributed by atoms with van der Waals surface area (Å²) in [6.45, 7) is 1.91. The molecule has 1 aromatic carbocycles. The fourth-order valence-electron chi connectivity index (χ4n) is 2.39. The first-order valence-corrected chi connectivity index (χ1v) is 7.08. The molecule has 0 spiro atoms. The van der Waals surface area contributed by atoms with Crippen molar-refractivity contribution in [2.75, 3.05) is 24.2 Å². The topological polar surface area (TPSA) is 21.3 Å². The summed E-state index contributed by atoms with van der Waals surface area (Å²) in [6.07, 6.45) is 3.79. The molecule has 1 N–H and O–H groups in total. The summed E-state index contributed by atoms with van der Waals surface area (Å²) in [4.78, 5) is 0. The lowest BCUT2D eigenvalue weighted by atomic mass is 10.1. The van der Waals surface area contributed by atoms with Crippen LogP contribution in [-0.2, 0) is 6.42 Å². The maximum absolute atomic E-state index is 5.95. The van der Waals surface area contributed by atoms with E-state index in [1.807, 2.05) is 11.8 Å². The van der Waals surface area contributed by atoms with Gasteiger partial charge < -0.3 is 10.1 Å². The molecule has 1 aromatic rings. The summed E-state index contributed by atoms with van der Waals surface area (Å²) in [5.41, 5.74) is 2.63. The zero-order valence-corrected chi connectivity index (χ0v) is 10.2. The maximum atomic E-state index is 5.95. The molecule has 0 radical (unpaired) electrons. The van der Waals surface area contributed by atoms with Gasteiger partial charge in [0.1, 0.15) is 12.4 Å². The average molecular weight is 235 g/mol. The van der Waals surface area contributed by atoms with Gasteiger partial charge in [-0.05, 0) is 36.6 Å². The van der Waals surface area contributed by atoms with Crippen molar-refractivity contribution in [3.8, 4) is 5.75 Å². The molecule has 0 aliphatic carbocycles. The molecule has 0 amide bonds. The van der Waals surface area contributed by atoms with E-state index < -0.39 is 0 Å². The van der Waals surface area contributed by atoms with Crippen LogP contribution >= 0.6 is 11.8 Å². The van der Waals surface area contributed by atoms with Crippen LogP contribution in [0.25, 0.3) is 0 Å².